The van der Waals surface area contributed by atoms with Gasteiger partial charge in [0.1, 0.15) is 11.3 Å². The predicted octanol–water partition coefficient (Wildman–Crippen LogP) is 4.23. The van der Waals surface area contributed by atoms with Crippen LogP contribution in [0.2, 0.25) is 0 Å². The van der Waals surface area contributed by atoms with Gasteiger partial charge in [0, 0.05) is 10.6 Å². The molecular weight excluding hydrogens is 383 g/mol. The summed E-state index contributed by atoms with van der Waals surface area (Å²) >= 11 is 1.46. The number of nitrogens with one attached hydrogen (secondary N) is 1. The fourth-order valence-electron chi connectivity index (χ4n) is 2.15. The Kier molecular flexibility index (Phi) is 6.73. The molecule has 0 radical (unpaired) electrons. The summed E-state index contributed by atoms with van der Waals surface area (Å²) in [6.45, 7) is -0.650. The molecule has 27 heavy (non-hydrogen) atoms. The fourth-order valence-corrected chi connectivity index (χ4v) is 2.58. The summed E-state index contributed by atoms with van der Waals surface area (Å²) < 4.78 is 48.1. The van der Waals surface area contributed by atoms with Crippen LogP contribution in [0.1, 0.15) is 15.9 Å². The van der Waals surface area contributed by atoms with Crippen LogP contribution in [0.15, 0.2) is 47.4 Å². The first-order chi connectivity index (χ1) is 12.7. The largest absolute Gasteiger partial charge is 0.496 e. The quantitative estimate of drug-likeness (QED) is 0.582. The molecule has 9 heteroatoms. The Balaban J connectivity index is 1.99. The zero-order chi connectivity index (χ0) is 20.0. The Hall–Kier alpha value is -2.68. The molecule has 0 aliphatic rings. The number of thioether (sulfide) groups is 1. The first kappa shape index (κ1) is 20.6. The minimum Gasteiger partial charge on any atom is -0.496 e. The van der Waals surface area contributed by atoms with Crippen LogP contribution < -0.4 is 10.1 Å². The van der Waals surface area contributed by atoms with Gasteiger partial charge in [0.2, 0.25) is 0 Å². The van der Waals surface area contributed by atoms with Crippen LogP contribution in [-0.4, -0.2) is 31.8 Å². The molecule has 0 unspecified atom stereocenters. The third kappa shape index (κ3) is 5.65. The molecule has 5 nitrogen and oxygen atoms in total. The zero-order valence-corrected chi connectivity index (χ0v) is 15.2. The van der Waals surface area contributed by atoms with Gasteiger partial charge in [0.15, 0.2) is 6.61 Å². The Labute approximate surface area is 157 Å². The van der Waals surface area contributed by atoms with Crippen LogP contribution in [0, 0.1) is 0 Å². The number of hydrogen-bond donors (Lipinski definition) is 1. The first-order valence-corrected chi connectivity index (χ1v) is 8.83. The van der Waals surface area contributed by atoms with Crippen LogP contribution >= 0.6 is 11.8 Å². The monoisotopic (exact) mass is 399 g/mol. The molecule has 0 saturated carbocycles. The molecule has 1 amide bonds. The number of carbonyl (C=O) groups is 2. The van der Waals surface area contributed by atoms with Gasteiger partial charge in [-0.1, -0.05) is 6.07 Å². The molecule has 1 N–H and O–H groups in total. The smallest absolute Gasteiger partial charge is 0.416 e. The third-order valence-corrected chi connectivity index (χ3v) is 4.16. The highest BCUT2D eigenvalue weighted by Gasteiger charge is 2.30. The van der Waals surface area contributed by atoms with Crippen molar-refractivity contribution in [2.45, 2.75) is 11.1 Å². The Morgan fingerprint density at radius 3 is 2.52 bits per heavy atom. The molecule has 0 aromatic heterocycles. The van der Waals surface area contributed by atoms with Crippen molar-refractivity contribution in [2.24, 2.45) is 0 Å². The van der Waals surface area contributed by atoms with Gasteiger partial charge in [-0.15, -0.1) is 11.8 Å². The third-order valence-electron chi connectivity index (χ3n) is 3.44. The zero-order valence-electron chi connectivity index (χ0n) is 14.4. The number of benzene rings is 2. The van der Waals surface area contributed by atoms with Gasteiger partial charge in [-0.05, 0) is 42.7 Å². The molecule has 0 heterocycles. The van der Waals surface area contributed by atoms with Crippen LogP contribution in [0.4, 0.5) is 18.9 Å². The van der Waals surface area contributed by atoms with E-state index in [0.29, 0.717) is 5.75 Å². The molecule has 0 saturated heterocycles. The van der Waals surface area contributed by atoms with Crippen molar-refractivity contribution < 1.29 is 32.2 Å². The molecule has 0 atom stereocenters. The van der Waals surface area contributed by atoms with Crippen molar-refractivity contribution in [1.82, 2.24) is 0 Å². The van der Waals surface area contributed by atoms with E-state index in [2.05, 4.69) is 5.32 Å². The number of ether oxygens (including phenoxy) is 2. The van der Waals surface area contributed by atoms with E-state index < -0.39 is 30.2 Å². The minimum atomic E-state index is -4.52. The summed E-state index contributed by atoms with van der Waals surface area (Å²) in [5.74, 6) is -1.24. The van der Waals surface area contributed by atoms with E-state index in [-0.39, 0.29) is 11.3 Å². The lowest BCUT2D eigenvalue weighted by atomic mass is 10.2. The van der Waals surface area contributed by atoms with Crippen molar-refractivity contribution in [2.75, 3.05) is 25.3 Å². The van der Waals surface area contributed by atoms with Gasteiger partial charge < -0.3 is 14.8 Å². The average molecular weight is 399 g/mol. The van der Waals surface area contributed by atoms with E-state index in [0.717, 1.165) is 17.0 Å². The molecule has 0 aliphatic carbocycles. The number of esters is 1. The minimum absolute atomic E-state index is 0.0484. The summed E-state index contributed by atoms with van der Waals surface area (Å²) in [7, 11) is 1.40. The van der Waals surface area contributed by atoms with Crippen molar-refractivity contribution >= 4 is 29.3 Å². The standard InChI is InChI=1S/C18H16F3NO4S/c1-25-15-9-13(27-2)6-7-14(15)17(24)26-10-16(23)22-12-5-3-4-11(8-12)18(19,20)21/h3-9H,10H2,1-2H3,(H,22,23). The van der Waals surface area contributed by atoms with Crippen LogP contribution in [0.5, 0.6) is 5.75 Å². The van der Waals surface area contributed by atoms with E-state index in [9.17, 15) is 22.8 Å². The number of carbonyl (C=O) groups excluding carboxylic acids is 2. The van der Waals surface area contributed by atoms with Crippen LogP contribution in [-0.2, 0) is 15.7 Å². The first-order valence-electron chi connectivity index (χ1n) is 7.61. The number of anilines is 1. The topological polar surface area (TPSA) is 64.6 Å². The summed E-state index contributed by atoms with van der Waals surface area (Å²) in [5, 5.41) is 2.26. The highest BCUT2D eigenvalue weighted by molar-refractivity contribution is 7.98. The second-order valence-corrected chi connectivity index (χ2v) is 6.15. The lowest BCUT2D eigenvalue weighted by molar-refractivity contribution is -0.137. The lowest BCUT2D eigenvalue weighted by Crippen LogP contribution is -2.21. The van der Waals surface area contributed by atoms with E-state index >= 15 is 0 Å². The van der Waals surface area contributed by atoms with Gasteiger partial charge >= 0.3 is 12.1 Å². The maximum absolute atomic E-state index is 12.7. The van der Waals surface area contributed by atoms with Gasteiger partial charge in [-0.2, -0.15) is 13.2 Å². The van der Waals surface area contributed by atoms with Gasteiger partial charge in [-0.25, -0.2) is 4.79 Å². The molecule has 144 valence electrons. The SMILES string of the molecule is COc1cc(SC)ccc1C(=O)OCC(=O)Nc1cccc(C(F)(F)F)c1. The molecule has 2 aromatic carbocycles. The molecular formula is C18H16F3NO4S. The van der Waals surface area contributed by atoms with E-state index in [1.165, 1.54) is 37.1 Å². The summed E-state index contributed by atoms with van der Waals surface area (Å²) in [5.41, 5.74) is -0.800. The highest BCUT2D eigenvalue weighted by Crippen LogP contribution is 2.30. The summed E-state index contributed by atoms with van der Waals surface area (Å²) in [6.07, 6.45) is -2.66. The second kappa shape index (κ2) is 8.81. The summed E-state index contributed by atoms with van der Waals surface area (Å²) in [6, 6.07) is 9.03. The van der Waals surface area contributed by atoms with Crippen LogP contribution in [0.3, 0.4) is 0 Å². The molecule has 0 bridgehead atoms. The van der Waals surface area contributed by atoms with Gasteiger partial charge in [-0.3, -0.25) is 4.79 Å². The molecule has 0 aliphatic heterocycles. The van der Waals surface area contributed by atoms with Crippen molar-refractivity contribution in [3.05, 3.63) is 53.6 Å². The number of amides is 1. The Bertz CT molecular complexity index is 840. The second-order valence-electron chi connectivity index (χ2n) is 5.27. The number of methoxy groups -OCH3 is 1. The predicted molar refractivity (Wildman–Crippen MR) is 95.1 cm³/mol. The summed E-state index contributed by atoms with van der Waals surface area (Å²) in [4.78, 5) is 24.9. The average Bonchev–Trinajstić information content (AvgIpc) is 2.65. The van der Waals surface area contributed by atoms with E-state index in [1.807, 2.05) is 6.26 Å². The van der Waals surface area contributed by atoms with E-state index in [1.54, 1.807) is 12.1 Å². The highest BCUT2D eigenvalue weighted by atomic mass is 32.2. The van der Waals surface area contributed by atoms with Gasteiger partial charge in [0.25, 0.3) is 5.91 Å². The molecule has 2 aromatic rings. The van der Waals surface area contributed by atoms with E-state index in [4.69, 9.17) is 9.47 Å². The van der Waals surface area contributed by atoms with Crippen molar-refractivity contribution in [1.29, 1.82) is 0 Å². The Morgan fingerprint density at radius 1 is 1.15 bits per heavy atom. The fraction of sp³-hybridized carbons (Fsp3) is 0.222. The van der Waals surface area contributed by atoms with Crippen molar-refractivity contribution in [3.8, 4) is 5.75 Å². The number of hydrogen-bond acceptors (Lipinski definition) is 5. The van der Waals surface area contributed by atoms with Crippen LogP contribution in [0.25, 0.3) is 0 Å². The lowest BCUT2D eigenvalue weighted by Gasteiger charge is -2.11. The number of alkyl halides is 3. The number of rotatable bonds is 6. The maximum Gasteiger partial charge on any atom is 0.416 e. The molecule has 2 rings (SSSR count). The number of halogens is 3. The Morgan fingerprint density at radius 2 is 1.89 bits per heavy atom. The molecule has 0 fully saturated rings. The maximum atomic E-state index is 12.7. The van der Waals surface area contributed by atoms with Crippen molar-refractivity contribution in [3.63, 3.8) is 0 Å². The van der Waals surface area contributed by atoms with Gasteiger partial charge in [0.05, 0.1) is 12.7 Å². The molecule has 0 spiro atoms. The normalized spacial score (nSPS) is 11.0.